The van der Waals surface area contributed by atoms with Gasteiger partial charge in [0.25, 0.3) is 0 Å². The molecule has 1 aromatic carbocycles. The van der Waals surface area contributed by atoms with Crippen LogP contribution in [0.4, 0.5) is 0 Å². The van der Waals surface area contributed by atoms with E-state index in [1.807, 2.05) is 13.0 Å². The largest absolute Gasteiger partial charge is 0.478 e. The number of benzene rings is 1. The zero-order chi connectivity index (χ0) is 19.1. The third-order valence-electron chi connectivity index (χ3n) is 6.47. The van der Waals surface area contributed by atoms with E-state index >= 15 is 0 Å². The Morgan fingerprint density at radius 3 is 2.58 bits per heavy atom. The Morgan fingerprint density at radius 2 is 1.88 bits per heavy atom. The molecule has 0 bridgehead atoms. The van der Waals surface area contributed by atoms with Gasteiger partial charge in [-0.1, -0.05) is 52.0 Å². The maximum absolute atomic E-state index is 10.7. The lowest BCUT2D eigenvalue weighted by molar-refractivity contribution is -0.131. The lowest BCUT2D eigenvalue weighted by Gasteiger charge is -2.43. The fraction of sp³-hybridized carbons (Fsp3) is 0.542. The lowest BCUT2D eigenvalue weighted by atomic mass is 9.61. The first-order valence-electron chi connectivity index (χ1n) is 9.86. The average molecular weight is 353 g/mol. The number of aliphatic carboxylic acids is 1. The summed E-state index contributed by atoms with van der Waals surface area (Å²) in [7, 11) is 0. The Morgan fingerprint density at radius 1 is 1.19 bits per heavy atom. The Hall–Kier alpha value is -1.83. The summed E-state index contributed by atoms with van der Waals surface area (Å²) >= 11 is 0. The van der Waals surface area contributed by atoms with E-state index in [4.69, 9.17) is 5.11 Å². The molecule has 2 heteroatoms. The predicted molar refractivity (Wildman–Crippen MR) is 108 cm³/mol. The molecule has 0 aromatic heterocycles. The summed E-state index contributed by atoms with van der Waals surface area (Å²) in [5, 5.41) is 8.82. The number of hydrogen-bond donors (Lipinski definition) is 1. The molecular weight excluding hydrogens is 320 g/mol. The van der Waals surface area contributed by atoms with Gasteiger partial charge in [-0.15, -0.1) is 0 Å². The highest BCUT2D eigenvalue weighted by Crippen LogP contribution is 2.51. The van der Waals surface area contributed by atoms with E-state index in [9.17, 15) is 4.79 Å². The Bertz CT molecular complexity index is 778. The first-order chi connectivity index (χ1) is 12.1. The van der Waals surface area contributed by atoms with E-state index in [0.29, 0.717) is 5.92 Å². The van der Waals surface area contributed by atoms with Crippen molar-refractivity contribution in [2.75, 3.05) is 0 Å². The van der Waals surface area contributed by atoms with Crippen molar-refractivity contribution in [1.82, 2.24) is 0 Å². The van der Waals surface area contributed by atoms with Gasteiger partial charge < -0.3 is 5.11 Å². The van der Waals surface area contributed by atoms with Crippen molar-refractivity contribution in [3.05, 3.63) is 58.2 Å². The fourth-order valence-corrected chi connectivity index (χ4v) is 4.92. The van der Waals surface area contributed by atoms with Crippen LogP contribution in [0.3, 0.4) is 0 Å². The van der Waals surface area contributed by atoms with Crippen LogP contribution in [-0.4, -0.2) is 11.1 Å². The van der Waals surface area contributed by atoms with Crippen molar-refractivity contribution in [3.8, 4) is 0 Å². The summed E-state index contributed by atoms with van der Waals surface area (Å²) in [6, 6.07) is 4.77. The van der Waals surface area contributed by atoms with Gasteiger partial charge in [0.15, 0.2) is 0 Å². The Kier molecular flexibility index (Phi) is 4.90. The molecule has 0 radical (unpaired) electrons. The molecule has 0 saturated heterocycles. The summed E-state index contributed by atoms with van der Waals surface area (Å²) in [6.45, 7) is 11.4. The maximum atomic E-state index is 10.7. The monoisotopic (exact) mass is 352 g/mol. The van der Waals surface area contributed by atoms with Gasteiger partial charge in [0.2, 0.25) is 0 Å². The van der Waals surface area contributed by atoms with Crippen molar-refractivity contribution in [2.24, 2.45) is 0 Å². The Balaban J connectivity index is 1.89. The molecule has 2 aliphatic rings. The maximum Gasteiger partial charge on any atom is 0.328 e. The zero-order valence-electron chi connectivity index (χ0n) is 16.9. The molecule has 2 nitrogen and oxygen atoms in total. The molecule has 3 rings (SSSR count). The first-order valence-corrected chi connectivity index (χ1v) is 9.86. The standard InChI is InChI=1S/C24H32O2/c1-16(15-21(25)26)7-6-8-17-9-10-19-18(17)11-12-20-22(19)24(4,5)14-13-23(20,2)3/h6-7,11-12,15,17H,8-10,13-14H2,1-5H3,(H,25,26). The molecule has 1 N–H and O–H groups in total. The van der Waals surface area contributed by atoms with Crippen LogP contribution in [0.1, 0.15) is 88.5 Å². The molecule has 26 heavy (non-hydrogen) atoms. The number of carbonyl (C=O) groups is 1. The van der Waals surface area contributed by atoms with Crippen LogP contribution in [0.2, 0.25) is 0 Å². The minimum Gasteiger partial charge on any atom is -0.478 e. The second-order valence-electron chi connectivity index (χ2n) is 9.42. The van der Waals surface area contributed by atoms with Crippen LogP contribution in [0, 0.1) is 0 Å². The van der Waals surface area contributed by atoms with Gasteiger partial charge in [-0.3, -0.25) is 0 Å². The van der Waals surface area contributed by atoms with Crippen molar-refractivity contribution < 1.29 is 9.90 Å². The van der Waals surface area contributed by atoms with Crippen LogP contribution in [0.5, 0.6) is 0 Å². The topological polar surface area (TPSA) is 37.3 Å². The summed E-state index contributed by atoms with van der Waals surface area (Å²) < 4.78 is 0. The zero-order valence-corrected chi connectivity index (χ0v) is 16.9. The van der Waals surface area contributed by atoms with Crippen LogP contribution >= 0.6 is 0 Å². The van der Waals surface area contributed by atoms with Crippen LogP contribution in [0.25, 0.3) is 0 Å². The van der Waals surface area contributed by atoms with E-state index in [1.165, 1.54) is 37.3 Å². The first kappa shape index (κ1) is 18.9. The molecule has 0 spiro atoms. The highest BCUT2D eigenvalue weighted by molar-refractivity contribution is 5.81. The molecule has 140 valence electrons. The number of allylic oxidation sites excluding steroid dienone is 3. The lowest BCUT2D eigenvalue weighted by Crippen LogP contribution is -2.35. The summed E-state index contributed by atoms with van der Waals surface area (Å²) in [6.07, 6.45) is 11.2. The third-order valence-corrected chi connectivity index (χ3v) is 6.47. The predicted octanol–water partition coefficient (Wildman–Crippen LogP) is 6.04. The van der Waals surface area contributed by atoms with Crippen LogP contribution in [0.15, 0.2) is 35.9 Å². The van der Waals surface area contributed by atoms with Crippen LogP contribution < -0.4 is 0 Å². The fourth-order valence-electron chi connectivity index (χ4n) is 4.92. The van der Waals surface area contributed by atoms with Crippen LogP contribution in [-0.2, 0) is 22.0 Å². The van der Waals surface area contributed by atoms with Gasteiger partial charge in [0.1, 0.15) is 0 Å². The molecule has 1 atom stereocenters. The molecule has 0 saturated carbocycles. The van der Waals surface area contributed by atoms with E-state index in [1.54, 1.807) is 16.7 Å². The second-order valence-corrected chi connectivity index (χ2v) is 9.42. The van der Waals surface area contributed by atoms with Gasteiger partial charge >= 0.3 is 5.97 Å². The van der Waals surface area contributed by atoms with Gasteiger partial charge in [0.05, 0.1) is 0 Å². The molecule has 0 aliphatic heterocycles. The van der Waals surface area contributed by atoms with E-state index < -0.39 is 5.97 Å². The highest BCUT2D eigenvalue weighted by atomic mass is 16.4. The van der Waals surface area contributed by atoms with Gasteiger partial charge in [-0.2, -0.15) is 0 Å². The highest BCUT2D eigenvalue weighted by Gasteiger charge is 2.40. The minimum absolute atomic E-state index is 0.266. The van der Waals surface area contributed by atoms with Crippen molar-refractivity contribution >= 4 is 5.97 Å². The quantitative estimate of drug-likeness (QED) is 0.529. The molecule has 2 aliphatic carbocycles. The summed E-state index contributed by atoms with van der Waals surface area (Å²) in [5.41, 5.74) is 7.65. The number of carboxylic acids is 1. The van der Waals surface area contributed by atoms with E-state index in [0.717, 1.165) is 12.0 Å². The normalized spacial score (nSPS) is 23.7. The SMILES string of the molecule is CC(C=CCC1CCc2c1ccc1c2C(C)(C)CCC1(C)C)=CC(=O)O. The third kappa shape index (κ3) is 3.51. The number of carboxylic acid groups (broad SMARTS) is 1. The van der Waals surface area contributed by atoms with E-state index in [-0.39, 0.29) is 10.8 Å². The summed E-state index contributed by atoms with van der Waals surface area (Å²) in [4.78, 5) is 10.7. The Labute approximate surface area is 158 Å². The second kappa shape index (κ2) is 6.72. The number of fused-ring (bicyclic) bond motifs is 3. The molecule has 0 fully saturated rings. The van der Waals surface area contributed by atoms with Crippen molar-refractivity contribution in [1.29, 1.82) is 0 Å². The van der Waals surface area contributed by atoms with Gasteiger partial charge in [-0.05, 0) is 83.6 Å². The average Bonchev–Trinajstić information content (AvgIpc) is 2.94. The van der Waals surface area contributed by atoms with E-state index in [2.05, 4.69) is 45.9 Å². The minimum atomic E-state index is -0.880. The molecular formula is C24H32O2. The molecule has 0 amide bonds. The molecule has 0 heterocycles. The van der Waals surface area contributed by atoms with Gasteiger partial charge in [-0.25, -0.2) is 4.79 Å². The van der Waals surface area contributed by atoms with Gasteiger partial charge in [0, 0.05) is 6.08 Å². The van der Waals surface area contributed by atoms with Crippen molar-refractivity contribution in [2.45, 2.75) is 83.5 Å². The molecule has 1 unspecified atom stereocenters. The molecule has 1 aromatic rings. The number of hydrogen-bond acceptors (Lipinski definition) is 1. The summed E-state index contributed by atoms with van der Waals surface area (Å²) in [5.74, 6) is -0.320. The smallest absolute Gasteiger partial charge is 0.328 e. The number of rotatable bonds is 4. The van der Waals surface area contributed by atoms with Crippen molar-refractivity contribution in [3.63, 3.8) is 0 Å².